The summed E-state index contributed by atoms with van der Waals surface area (Å²) in [4.78, 5) is 11.8. The van der Waals surface area contributed by atoms with Crippen LogP contribution in [-0.2, 0) is 0 Å². The molecular weight excluding hydrogens is 304 g/mol. The summed E-state index contributed by atoms with van der Waals surface area (Å²) < 4.78 is 0.962. The zero-order valence-corrected chi connectivity index (χ0v) is 11.3. The van der Waals surface area contributed by atoms with E-state index in [4.69, 9.17) is 0 Å². The largest absolute Gasteiger partial charge is 0.363 e. The molecule has 0 aliphatic rings. The maximum atomic E-state index is 11.8. The summed E-state index contributed by atoms with van der Waals surface area (Å²) in [6, 6.07) is 7.33. The SMILES string of the molecule is CNc1nnc(C(=O)Nc2ccc(Br)cc2)s1. The van der Waals surface area contributed by atoms with Crippen LogP contribution < -0.4 is 10.6 Å². The average molecular weight is 313 g/mol. The van der Waals surface area contributed by atoms with Crippen LogP contribution in [0, 0.1) is 0 Å². The lowest BCUT2D eigenvalue weighted by Crippen LogP contribution is -2.11. The van der Waals surface area contributed by atoms with Gasteiger partial charge in [-0.15, -0.1) is 10.2 Å². The summed E-state index contributed by atoms with van der Waals surface area (Å²) in [5.74, 6) is -0.258. The molecule has 0 aliphatic heterocycles. The van der Waals surface area contributed by atoms with Gasteiger partial charge in [0.15, 0.2) is 0 Å². The van der Waals surface area contributed by atoms with E-state index in [0.717, 1.165) is 10.2 Å². The third kappa shape index (κ3) is 3.01. The van der Waals surface area contributed by atoms with Crippen LogP contribution in [0.1, 0.15) is 9.80 Å². The van der Waals surface area contributed by atoms with Crippen LogP contribution in [0.3, 0.4) is 0 Å². The van der Waals surface area contributed by atoms with Crippen LogP contribution >= 0.6 is 27.3 Å². The van der Waals surface area contributed by atoms with E-state index in [9.17, 15) is 4.79 Å². The fraction of sp³-hybridized carbons (Fsp3) is 0.100. The standard InChI is InChI=1S/C10H9BrN4OS/c1-12-10-15-14-9(17-10)8(16)13-7-4-2-6(11)3-5-7/h2-5H,1H3,(H,12,15)(H,13,16). The van der Waals surface area contributed by atoms with E-state index in [0.29, 0.717) is 10.1 Å². The molecule has 1 aromatic heterocycles. The summed E-state index contributed by atoms with van der Waals surface area (Å²) in [7, 11) is 1.73. The fourth-order valence-electron chi connectivity index (χ4n) is 1.13. The van der Waals surface area contributed by atoms with E-state index in [-0.39, 0.29) is 5.91 Å². The number of rotatable bonds is 3. The second kappa shape index (κ2) is 5.24. The number of aromatic nitrogens is 2. The van der Waals surface area contributed by atoms with Gasteiger partial charge < -0.3 is 10.6 Å². The van der Waals surface area contributed by atoms with Gasteiger partial charge in [0.1, 0.15) is 0 Å². The lowest BCUT2D eigenvalue weighted by molar-refractivity contribution is 0.102. The molecular formula is C10H9BrN4OS. The smallest absolute Gasteiger partial charge is 0.286 e. The Morgan fingerprint density at radius 1 is 1.29 bits per heavy atom. The number of carbonyl (C=O) groups is 1. The number of benzene rings is 1. The molecule has 0 saturated heterocycles. The van der Waals surface area contributed by atoms with Crippen molar-refractivity contribution >= 4 is 44.0 Å². The van der Waals surface area contributed by atoms with Gasteiger partial charge in [-0.25, -0.2) is 0 Å². The Labute approximate surface area is 110 Å². The van der Waals surface area contributed by atoms with E-state index < -0.39 is 0 Å². The molecule has 2 rings (SSSR count). The molecule has 1 aromatic carbocycles. The van der Waals surface area contributed by atoms with Crippen LogP contribution in [0.4, 0.5) is 10.8 Å². The summed E-state index contributed by atoms with van der Waals surface area (Å²) >= 11 is 4.54. The highest BCUT2D eigenvalue weighted by atomic mass is 79.9. The van der Waals surface area contributed by atoms with Gasteiger partial charge in [0, 0.05) is 17.2 Å². The van der Waals surface area contributed by atoms with Crippen molar-refractivity contribution in [1.82, 2.24) is 10.2 Å². The molecule has 0 unspecified atom stereocenters. The topological polar surface area (TPSA) is 66.9 Å². The minimum atomic E-state index is -0.258. The molecule has 2 aromatic rings. The minimum Gasteiger partial charge on any atom is -0.363 e. The van der Waals surface area contributed by atoms with E-state index in [1.807, 2.05) is 24.3 Å². The van der Waals surface area contributed by atoms with Crippen LogP contribution in [0.5, 0.6) is 0 Å². The molecule has 0 fully saturated rings. The Morgan fingerprint density at radius 2 is 2.00 bits per heavy atom. The summed E-state index contributed by atoms with van der Waals surface area (Å²) in [6.07, 6.45) is 0. The molecule has 5 nitrogen and oxygen atoms in total. The predicted molar refractivity (Wildman–Crippen MR) is 71.6 cm³/mol. The highest BCUT2D eigenvalue weighted by Crippen LogP contribution is 2.18. The predicted octanol–water partition coefficient (Wildman–Crippen LogP) is 2.59. The molecule has 0 radical (unpaired) electrons. The average Bonchev–Trinajstić information content (AvgIpc) is 2.81. The van der Waals surface area contributed by atoms with Gasteiger partial charge >= 0.3 is 0 Å². The fourth-order valence-corrected chi connectivity index (χ4v) is 1.99. The molecule has 88 valence electrons. The number of halogens is 1. The normalized spacial score (nSPS) is 10.0. The molecule has 1 heterocycles. The van der Waals surface area contributed by atoms with Crippen molar-refractivity contribution in [3.63, 3.8) is 0 Å². The zero-order valence-electron chi connectivity index (χ0n) is 8.90. The van der Waals surface area contributed by atoms with Gasteiger partial charge in [-0.2, -0.15) is 0 Å². The highest BCUT2D eigenvalue weighted by molar-refractivity contribution is 9.10. The number of hydrogen-bond acceptors (Lipinski definition) is 5. The van der Waals surface area contributed by atoms with E-state index in [1.54, 1.807) is 7.05 Å². The van der Waals surface area contributed by atoms with Gasteiger partial charge in [0.05, 0.1) is 0 Å². The number of anilines is 2. The molecule has 1 amide bonds. The first-order chi connectivity index (χ1) is 8.19. The second-order valence-corrected chi connectivity index (χ2v) is 5.02. The summed E-state index contributed by atoms with van der Waals surface area (Å²) in [6.45, 7) is 0. The third-order valence-corrected chi connectivity index (χ3v) is 3.40. The van der Waals surface area contributed by atoms with E-state index >= 15 is 0 Å². The lowest BCUT2D eigenvalue weighted by Gasteiger charge is -2.01. The molecule has 2 N–H and O–H groups in total. The molecule has 7 heteroatoms. The summed E-state index contributed by atoms with van der Waals surface area (Å²) in [5, 5.41) is 14.1. The number of carbonyl (C=O) groups excluding carboxylic acids is 1. The Balaban J connectivity index is 2.08. The molecule has 0 bridgehead atoms. The quantitative estimate of drug-likeness (QED) is 0.914. The Hall–Kier alpha value is -1.47. The lowest BCUT2D eigenvalue weighted by atomic mass is 10.3. The number of amides is 1. The first-order valence-corrected chi connectivity index (χ1v) is 6.38. The molecule has 17 heavy (non-hydrogen) atoms. The first kappa shape index (κ1) is 12.0. The third-order valence-electron chi connectivity index (χ3n) is 1.94. The Bertz CT molecular complexity index is 525. The summed E-state index contributed by atoms with van der Waals surface area (Å²) in [5.41, 5.74) is 0.722. The highest BCUT2D eigenvalue weighted by Gasteiger charge is 2.12. The van der Waals surface area contributed by atoms with Crippen molar-refractivity contribution in [1.29, 1.82) is 0 Å². The van der Waals surface area contributed by atoms with Gasteiger partial charge in [-0.1, -0.05) is 27.3 Å². The van der Waals surface area contributed by atoms with Crippen molar-refractivity contribution in [2.75, 3.05) is 17.7 Å². The van der Waals surface area contributed by atoms with E-state index in [2.05, 4.69) is 36.8 Å². The van der Waals surface area contributed by atoms with Crippen molar-refractivity contribution in [2.24, 2.45) is 0 Å². The Kier molecular flexibility index (Phi) is 3.70. The monoisotopic (exact) mass is 312 g/mol. The maximum absolute atomic E-state index is 11.8. The van der Waals surface area contributed by atoms with Gasteiger partial charge in [-0.3, -0.25) is 4.79 Å². The number of nitrogens with one attached hydrogen (secondary N) is 2. The van der Waals surface area contributed by atoms with Crippen molar-refractivity contribution < 1.29 is 4.79 Å². The van der Waals surface area contributed by atoms with Crippen LogP contribution in [0.2, 0.25) is 0 Å². The number of hydrogen-bond donors (Lipinski definition) is 2. The minimum absolute atomic E-state index is 0.258. The molecule has 0 saturated carbocycles. The Morgan fingerprint density at radius 3 is 2.59 bits per heavy atom. The van der Waals surface area contributed by atoms with Crippen LogP contribution in [0.15, 0.2) is 28.7 Å². The van der Waals surface area contributed by atoms with Crippen molar-refractivity contribution in [2.45, 2.75) is 0 Å². The molecule has 0 spiro atoms. The first-order valence-electron chi connectivity index (χ1n) is 4.77. The van der Waals surface area contributed by atoms with Crippen molar-refractivity contribution in [3.05, 3.63) is 33.7 Å². The van der Waals surface area contributed by atoms with Crippen LogP contribution in [-0.4, -0.2) is 23.2 Å². The van der Waals surface area contributed by atoms with Crippen molar-refractivity contribution in [3.8, 4) is 0 Å². The molecule has 0 aliphatic carbocycles. The van der Waals surface area contributed by atoms with Gasteiger partial charge in [0.2, 0.25) is 10.1 Å². The second-order valence-electron chi connectivity index (χ2n) is 3.12. The van der Waals surface area contributed by atoms with E-state index in [1.165, 1.54) is 11.3 Å². The van der Waals surface area contributed by atoms with Gasteiger partial charge in [-0.05, 0) is 24.3 Å². The molecule has 0 atom stereocenters. The van der Waals surface area contributed by atoms with Gasteiger partial charge in [0.25, 0.3) is 5.91 Å². The van der Waals surface area contributed by atoms with Crippen LogP contribution in [0.25, 0.3) is 0 Å². The zero-order chi connectivity index (χ0) is 12.3. The number of nitrogens with zero attached hydrogens (tertiary/aromatic N) is 2. The maximum Gasteiger partial charge on any atom is 0.286 e.